The summed E-state index contributed by atoms with van der Waals surface area (Å²) in [7, 11) is 0. The lowest BCUT2D eigenvalue weighted by Gasteiger charge is -1.99. The predicted octanol–water partition coefficient (Wildman–Crippen LogP) is 1.40. The molecule has 0 saturated heterocycles. The summed E-state index contributed by atoms with van der Waals surface area (Å²) in [5, 5.41) is 9.50. The molecular formula is C8H10N4O2. The van der Waals surface area contributed by atoms with Gasteiger partial charge in [0.1, 0.15) is 5.16 Å². The number of nitrogens with zero attached hydrogens (tertiary/aromatic N) is 3. The van der Waals surface area contributed by atoms with Crippen LogP contribution in [-0.4, -0.2) is 22.6 Å². The van der Waals surface area contributed by atoms with Crippen LogP contribution in [0, 0.1) is 6.57 Å². The molecule has 0 fully saturated rings. The summed E-state index contributed by atoms with van der Waals surface area (Å²) in [6, 6.07) is 0. The quantitative estimate of drug-likeness (QED) is 0.717. The van der Waals surface area contributed by atoms with Crippen molar-refractivity contribution in [3.63, 3.8) is 0 Å². The van der Waals surface area contributed by atoms with Crippen molar-refractivity contribution < 1.29 is 9.42 Å². The minimum Gasteiger partial charge on any atom is -0.367 e. The van der Waals surface area contributed by atoms with Gasteiger partial charge in [-0.25, -0.2) is 0 Å². The summed E-state index contributed by atoms with van der Waals surface area (Å²) in [5.74, 6) is 0.352. The summed E-state index contributed by atoms with van der Waals surface area (Å²) in [6.07, 6.45) is 1.33. The van der Waals surface area contributed by atoms with Crippen LogP contribution in [0.25, 0.3) is 4.85 Å². The summed E-state index contributed by atoms with van der Waals surface area (Å²) in [6.45, 7) is 8.79. The molecule has 0 bridgehead atoms. The Balaban J connectivity index is 2.46. The molecule has 0 saturated carbocycles. The third-order valence-corrected chi connectivity index (χ3v) is 1.56. The van der Waals surface area contributed by atoms with Gasteiger partial charge in [0.15, 0.2) is 5.78 Å². The Hall–Kier alpha value is -1.90. The molecule has 6 nitrogen and oxygen atoms in total. The van der Waals surface area contributed by atoms with E-state index in [-0.39, 0.29) is 24.0 Å². The molecule has 1 N–H and O–H groups in total. The first-order valence-electron chi connectivity index (χ1n) is 4.23. The van der Waals surface area contributed by atoms with E-state index in [0.717, 1.165) is 6.42 Å². The van der Waals surface area contributed by atoms with E-state index in [1.165, 1.54) is 0 Å². The monoisotopic (exact) mass is 194 g/mol. The largest absolute Gasteiger partial charge is 0.367 e. The molecule has 0 radical (unpaired) electrons. The predicted molar refractivity (Wildman–Crippen MR) is 49.0 cm³/mol. The van der Waals surface area contributed by atoms with E-state index in [1.807, 2.05) is 6.92 Å². The highest BCUT2D eigenvalue weighted by Crippen LogP contribution is 2.18. The summed E-state index contributed by atoms with van der Waals surface area (Å²) in [4.78, 5) is 14.2. The first-order chi connectivity index (χ1) is 6.77. The summed E-state index contributed by atoms with van der Waals surface area (Å²) in [5.41, 5.74) is 0. The number of rotatable bonds is 5. The van der Waals surface area contributed by atoms with E-state index in [1.54, 1.807) is 0 Å². The van der Waals surface area contributed by atoms with Gasteiger partial charge in [-0.05, 0) is 11.6 Å². The van der Waals surface area contributed by atoms with Crippen LogP contribution in [0.5, 0.6) is 0 Å². The first kappa shape index (κ1) is 10.2. The van der Waals surface area contributed by atoms with Gasteiger partial charge in [0.05, 0.1) is 6.54 Å². The van der Waals surface area contributed by atoms with Gasteiger partial charge < -0.3 is 10.2 Å². The van der Waals surface area contributed by atoms with Gasteiger partial charge in [-0.3, -0.25) is 4.79 Å². The highest BCUT2D eigenvalue weighted by Gasteiger charge is 2.10. The Kier molecular flexibility index (Phi) is 3.61. The maximum Gasteiger partial charge on any atom is 0.363 e. The van der Waals surface area contributed by atoms with Crippen molar-refractivity contribution >= 4 is 17.4 Å². The van der Waals surface area contributed by atoms with E-state index < -0.39 is 0 Å². The molecule has 1 heterocycles. The molecule has 0 unspecified atom stereocenters. The SMILES string of the molecule is [C-]#[N+]c1nonc1NCC(=O)CCC. The number of anilines is 1. The van der Waals surface area contributed by atoms with Crippen LogP contribution >= 0.6 is 0 Å². The normalized spacial score (nSPS) is 9.43. The fourth-order valence-corrected chi connectivity index (χ4v) is 0.918. The Morgan fingerprint density at radius 2 is 2.43 bits per heavy atom. The van der Waals surface area contributed by atoms with Crippen molar-refractivity contribution in [3.8, 4) is 0 Å². The summed E-state index contributed by atoms with van der Waals surface area (Å²) < 4.78 is 4.34. The smallest absolute Gasteiger partial charge is 0.363 e. The van der Waals surface area contributed by atoms with Crippen LogP contribution in [0.1, 0.15) is 19.8 Å². The highest BCUT2D eigenvalue weighted by atomic mass is 16.6. The molecule has 1 rings (SSSR count). The number of hydrogen-bond donors (Lipinski definition) is 1. The van der Waals surface area contributed by atoms with Crippen molar-refractivity contribution in [3.05, 3.63) is 11.4 Å². The van der Waals surface area contributed by atoms with Crippen LogP contribution in [0.4, 0.5) is 11.6 Å². The van der Waals surface area contributed by atoms with E-state index in [0.29, 0.717) is 6.42 Å². The second-order valence-corrected chi connectivity index (χ2v) is 2.69. The molecule has 0 amide bonds. The van der Waals surface area contributed by atoms with Crippen LogP contribution in [0.2, 0.25) is 0 Å². The number of hydrogen-bond acceptors (Lipinski definition) is 5. The van der Waals surface area contributed by atoms with Crippen LogP contribution < -0.4 is 5.32 Å². The number of aromatic nitrogens is 2. The lowest BCUT2D eigenvalue weighted by atomic mass is 10.2. The van der Waals surface area contributed by atoms with Crippen LogP contribution in [-0.2, 0) is 4.79 Å². The molecule has 1 aromatic heterocycles. The summed E-state index contributed by atoms with van der Waals surface area (Å²) >= 11 is 0. The van der Waals surface area contributed by atoms with Gasteiger partial charge in [-0.2, -0.15) is 4.63 Å². The van der Waals surface area contributed by atoms with Crippen LogP contribution in [0.15, 0.2) is 4.63 Å². The molecule has 6 heteroatoms. The van der Waals surface area contributed by atoms with E-state index in [9.17, 15) is 4.79 Å². The lowest BCUT2D eigenvalue weighted by molar-refractivity contribution is -0.117. The molecule has 0 aliphatic carbocycles. The Morgan fingerprint density at radius 1 is 1.64 bits per heavy atom. The maximum absolute atomic E-state index is 11.1. The number of carbonyl (C=O) groups excluding carboxylic acids is 1. The van der Waals surface area contributed by atoms with E-state index in [4.69, 9.17) is 6.57 Å². The molecule has 14 heavy (non-hydrogen) atoms. The van der Waals surface area contributed by atoms with Crippen molar-refractivity contribution in [1.82, 2.24) is 10.3 Å². The second-order valence-electron chi connectivity index (χ2n) is 2.69. The average Bonchev–Trinajstić information content (AvgIpc) is 2.62. The molecule has 1 aromatic rings. The highest BCUT2D eigenvalue weighted by molar-refractivity contribution is 5.83. The number of ketones is 1. The van der Waals surface area contributed by atoms with Gasteiger partial charge in [0, 0.05) is 6.42 Å². The van der Waals surface area contributed by atoms with E-state index >= 15 is 0 Å². The standard InChI is InChI=1S/C8H10N4O2/c1-3-4-6(13)5-10-8-7(9-2)11-14-12-8/h3-5H2,1H3,(H,10,12). The van der Waals surface area contributed by atoms with Crippen molar-refractivity contribution in [1.29, 1.82) is 0 Å². The molecule has 0 aliphatic heterocycles. The van der Waals surface area contributed by atoms with Gasteiger partial charge in [-0.15, -0.1) is 0 Å². The zero-order valence-electron chi connectivity index (χ0n) is 7.78. The number of carbonyl (C=O) groups is 1. The Bertz CT molecular complexity index is 352. The number of nitrogens with one attached hydrogen (secondary N) is 1. The number of Topliss-reactive ketones (excluding diaryl/α,β-unsaturated/α-hetero) is 1. The third-order valence-electron chi connectivity index (χ3n) is 1.56. The molecule has 74 valence electrons. The fourth-order valence-electron chi connectivity index (χ4n) is 0.918. The molecule has 0 aliphatic rings. The molecule has 0 atom stereocenters. The zero-order chi connectivity index (χ0) is 10.4. The molecule has 0 spiro atoms. The van der Waals surface area contributed by atoms with Crippen molar-refractivity contribution in [2.24, 2.45) is 0 Å². The van der Waals surface area contributed by atoms with Gasteiger partial charge in [0.25, 0.3) is 0 Å². The first-order valence-corrected chi connectivity index (χ1v) is 4.23. The topological polar surface area (TPSA) is 72.4 Å². The average molecular weight is 194 g/mol. The fraction of sp³-hybridized carbons (Fsp3) is 0.500. The van der Waals surface area contributed by atoms with Gasteiger partial charge in [0.2, 0.25) is 5.82 Å². The maximum atomic E-state index is 11.1. The van der Waals surface area contributed by atoms with Crippen LogP contribution in [0.3, 0.4) is 0 Å². The minimum absolute atomic E-state index is 0.0503. The minimum atomic E-state index is 0.0503. The van der Waals surface area contributed by atoms with Gasteiger partial charge in [-0.1, -0.05) is 13.5 Å². The molecular weight excluding hydrogens is 184 g/mol. The lowest BCUT2D eigenvalue weighted by Crippen LogP contribution is -2.13. The second kappa shape index (κ2) is 4.97. The Morgan fingerprint density at radius 3 is 3.07 bits per heavy atom. The van der Waals surface area contributed by atoms with Crippen molar-refractivity contribution in [2.75, 3.05) is 11.9 Å². The third kappa shape index (κ3) is 2.55. The van der Waals surface area contributed by atoms with E-state index in [2.05, 4.69) is 25.1 Å². The van der Waals surface area contributed by atoms with Crippen molar-refractivity contribution in [2.45, 2.75) is 19.8 Å². The molecule has 0 aromatic carbocycles. The van der Waals surface area contributed by atoms with Gasteiger partial charge >= 0.3 is 5.82 Å². The zero-order valence-corrected chi connectivity index (χ0v) is 7.78. The Labute approximate surface area is 81.1 Å².